The van der Waals surface area contributed by atoms with Crippen molar-refractivity contribution in [3.63, 3.8) is 0 Å². The van der Waals surface area contributed by atoms with Crippen LogP contribution in [-0.4, -0.2) is 28.9 Å². The van der Waals surface area contributed by atoms with Gasteiger partial charge in [-0.2, -0.15) is 0 Å². The van der Waals surface area contributed by atoms with Gasteiger partial charge < -0.3 is 14.6 Å². The van der Waals surface area contributed by atoms with Crippen molar-refractivity contribution in [2.75, 3.05) is 7.11 Å². The first kappa shape index (κ1) is 16.6. The fourth-order valence-corrected chi connectivity index (χ4v) is 3.09. The van der Waals surface area contributed by atoms with Gasteiger partial charge in [-0.15, -0.1) is 0 Å². The zero-order chi connectivity index (χ0) is 18.3. The highest BCUT2D eigenvalue weighted by molar-refractivity contribution is 5.98. The lowest BCUT2D eigenvalue weighted by atomic mass is 10.2. The highest BCUT2D eigenvalue weighted by Crippen LogP contribution is 2.31. The molecule has 0 aliphatic heterocycles. The van der Waals surface area contributed by atoms with E-state index < -0.39 is 11.6 Å². The molecule has 4 nitrogen and oxygen atoms in total. The Morgan fingerprint density at radius 1 is 1.19 bits per heavy atom. The average molecular weight is 356 g/mol. The maximum Gasteiger partial charge on any atom is 0.270 e. The van der Waals surface area contributed by atoms with Crippen molar-refractivity contribution < 1.29 is 18.3 Å². The zero-order valence-electron chi connectivity index (χ0n) is 14.3. The topological polar surface area (TPSA) is 45.3 Å². The standard InChI is InChI=1S/C20H18F2N2O2/c1-26-16-7-3-12-8-19(23-18(12)10-16)20(25)24(15-5-6-15)11-13-2-4-14(21)9-17(13)22/h2-4,7-10,15,23H,5-6,11H2,1H3. The van der Waals surface area contributed by atoms with Gasteiger partial charge in [-0.05, 0) is 37.1 Å². The van der Waals surface area contributed by atoms with Crippen LogP contribution in [0.4, 0.5) is 8.78 Å². The lowest BCUT2D eigenvalue weighted by Crippen LogP contribution is -2.33. The summed E-state index contributed by atoms with van der Waals surface area (Å²) in [6.45, 7) is 0.119. The van der Waals surface area contributed by atoms with Gasteiger partial charge in [0.2, 0.25) is 0 Å². The van der Waals surface area contributed by atoms with E-state index in [4.69, 9.17) is 4.74 Å². The van der Waals surface area contributed by atoms with E-state index in [2.05, 4.69) is 4.98 Å². The smallest absolute Gasteiger partial charge is 0.270 e. The van der Waals surface area contributed by atoms with Crippen LogP contribution in [0.5, 0.6) is 5.75 Å². The summed E-state index contributed by atoms with van der Waals surface area (Å²) < 4.78 is 32.3. The molecular weight excluding hydrogens is 338 g/mol. The molecule has 0 spiro atoms. The molecule has 1 aromatic heterocycles. The van der Waals surface area contributed by atoms with Crippen molar-refractivity contribution in [2.24, 2.45) is 0 Å². The summed E-state index contributed by atoms with van der Waals surface area (Å²) in [7, 11) is 1.59. The number of amides is 1. The van der Waals surface area contributed by atoms with Gasteiger partial charge in [0.25, 0.3) is 5.91 Å². The van der Waals surface area contributed by atoms with Crippen LogP contribution in [0, 0.1) is 11.6 Å². The van der Waals surface area contributed by atoms with Crippen molar-refractivity contribution in [2.45, 2.75) is 25.4 Å². The third-order valence-corrected chi connectivity index (χ3v) is 4.66. The largest absolute Gasteiger partial charge is 0.497 e. The average Bonchev–Trinajstić information content (AvgIpc) is 3.38. The lowest BCUT2D eigenvalue weighted by molar-refractivity contribution is 0.0723. The SMILES string of the molecule is COc1ccc2cc(C(=O)N(Cc3ccc(F)cc3F)C3CC3)[nH]c2c1. The molecule has 1 fully saturated rings. The molecule has 1 saturated carbocycles. The lowest BCUT2D eigenvalue weighted by Gasteiger charge is -2.22. The molecule has 26 heavy (non-hydrogen) atoms. The van der Waals surface area contributed by atoms with Crippen molar-refractivity contribution >= 4 is 16.8 Å². The minimum absolute atomic E-state index is 0.0906. The van der Waals surface area contributed by atoms with E-state index in [0.29, 0.717) is 17.0 Å². The minimum atomic E-state index is -0.634. The number of rotatable bonds is 5. The van der Waals surface area contributed by atoms with Gasteiger partial charge in [-0.1, -0.05) is 6.07 Å². The van der Waals surface area contributed by atoms with Crippen molar-refractivity contribution in [1.29, 1.82) is 0 Å². The molecule has 4 rings (SSSR count). The first-order chi connectivity index (χ1) is 12.5. The Bertz CT molecular complexity index is 979. The minimum Gasteiger partial charge on any atom is -0.497 e. The van der Waals surface area contributed by atoms with Crippen LogP contribution in [-0.2, 0) is 6.54 Å². The summed E-state index contributed by atoms with van der Waals surface area (Å²) >= 11 is 0. The number of aromatic amines is 1. The van der Waals surface area contributed by atoms with Crippen LogP contribution in [0.15, 0.2) is 42.5 Å². The number of carbonyl (C=O) groups is 1. The number of aromatic nitrogens is 1. The third-order valence-electron chi connectivity index (χ3n) is 4.66. The molecule has 6 heteroatoms. The fraction of sp³-hybridized carbons (Fsp3) is 0.250. The summed E-state index contributed by atoms with van der Waals surface area (Å²) in [6.07, 6.45) is 1.78. The molecule has 0 radical (unpaired) electrons. The first-order valence-electron chi connectivity index (χ1n) is 8.47. The number of methoxy groups -OCH3 is 1. The van der Waals surface area contributed by atoms with E-state index >= 15 is 0 Å². The van der Waals surface area contributed by atoms with E-state index in [1.165, 1.54) is 12.1 Å². The molecule has 0 atom stereocenters. The van der Waals surface area contributed by atoms with Crippen molar-refractivity contribution in [3.8, 4) is 5.75 Å². The highest BCUT2D eigenvalue weighted by Gasteiger charge is 2.34. The third kappa shape index (κ3) is 3.14. The molecule has 1 heterocycles. The summed E-state index contributed by atoms with van der Waals surface area (Å²) in [5.41, 5.74) is 1.56. The van der Waals surface area contributed by atoms with Crippen LogP contribution >= 0.6 is 0 Å². The quantitative estimate of drug-likeness (QED) is 0.742. The number of hydrogen-bond acceptors (Lipinski definition) is 2. The molecule has 134 valence electrons. The number of hydrogen-bond donors (Lipinski definition) is 1. The molecule has 3 aromatic rings. The van der Waals surface area contributed by atoms with Gasteiger partial charge in [0.15, 0.2) is 0 Å². The second-order valence-corrected chi connectivity index (χ2v) is 6.54. The Balaban J connectivity index is 1.63. The Labute approximate surface area is 149 Å². The summed E-state index contributed by atoms with van der Waals surface area (Å²) in [5, 5.41) is 0.901. The number of H-pyrrole nitrogens is 1. The van der Waals surface area contributed by atoms with Gasteiger partial charge in [0, 0.05) is 41.2 Å². The van der Waals surface area contributed by atoms with E-state index in [9.17, 15) is 13.6 Å². The maximum absolute atomic E-state index is 14.0. The van der Waals surface area contributed by atoms with Crippen LogP contribution < -0.4 is 4.74 Å². The predicted octanol–water partition coefficient (Wildman–Crippen LogP) is 4.26. The molecule has 1 aliphatic carbocycles. The molecule has 1 aliphatic rings. The van der Waals surface area contributed by atoms with Crippen LogP contribution in [0.1, 0.15) is 28.9 Å². The molecule has 0 unspecified atom stereocenters. The molecular formula is C20H18F2N2O2. The number of carbonyl (C=O) groups excluding carboxylic acids is 1. The first-order valence-corrected chi connectivity index (χ1v) is 8.47. The number of ether oxygens (including phenoxy) is 1. The number of halogens is 2. The molecule has 1 N–H and O–H groups in total. The van der Waals surface area contributed by atoms with Crippen LogP contribution in [0.2, 0.25) is 0 Å². The molecule has 0 bridgehead atoms. The number of nitrogens with zero attached hydrogens (tertiary/aromatic N) is 1. The molecule has 1 amide bonds. The van der Waals surface area contributed by atoms with Crippen molar-refractivity contribution in [3.05, 3.63) is 65.4 Å². The number of benzene rings is 2. The van der Waals surface area contributed by atoms with Crippen LogP contribution in [0.3, 0.4) is 0 Å². The van der Waals surface area contributed by atoms with E-state index in [1.54, 1.807) is 18.1 Å². The normalized spacial score (nSPS) is 13.8. The Kier molecular flexibility index (Phi) is 4.11. The Morgan fingerprint density at radius 3 is 2.69 bits per heavy atom. The highest BCUT2D eigenvalue weighted by atomic mass is 19.1. The second-order valence-electron chi connectivity index (χ2n) is 6.54. The van der Waals surface area contributed by atoms with E-state index in [0.717, 1.165) is 29.8 Å². The van der Waals surface area contributed by atoms with Gasteiger partial charge in [-0.3, -0.25) is 4.79 Å². The van der Waals surface area contributed by atoms with E-state index in [-0.39, 0.29) is 18.5 Å². The van der Waals surface area contributed by atoms with Crippen LogP contribution in [0.25, 0.3) is 10.9 Å². The zero-order valence-corrected chi connectivity index (χ0v) is 14.3. The van der Waals surface area contributed by atoms with Gasteiger partial charge in [0.1, 0.15) is 23.1 Å². The maximum atomic E-state index is 14.0. The van der Waals surface area contributed by atoms with Crippen molar-refractivity contribution in [1.82, 2.24) is 9.88 Å². The van der Waals surface area contributed by atoms with Gasteiger partial charge >= 0.3 is 0 Å². The Morgan fingerprint density at radius 2 is 2.00 bits per heavy atom. The Hall–Kier alpha value is -2.89. The monoisotopic (exact) mass is 356 g/mol. The number of fused-ring (bicyclic) bond motifs is 1. The number of nitrogens with one attached hydrogen (secondary N) is 1. The molecule has 2 aromatic carbocycles. The predicted molar refractivity (Wildman–Crippen MR) is 94.1 cm³/mol. The summed E-state index contributed by atoms with van der Waals surface area (Å²) in [6, 6.07) is 10.9. The van der Waals surface area contributed by atoms with Gasteiger partial charge in [0.05, 0.1) is 7.11 Å². The fourth-order valence-electron chi connectivity index (χ4n) is 3.09. The summed E-state index contributed by atoms with van der Waals surface area (Å²) in [5.74, 6) is -0.748. The van der Waals surface area contributed by atoms with E-state index in [1.807, 2.05) is 18.2 Å². The molecule has 0 saturated heterocycles. The van der Waals surface area contributed by atoms with Gasteiger partial charge in [-0.25, -0.2) is 8.78 Å². The summed E-state index contributed by atoms with van der Waals surface area (Å²) in [4.78, 5) is 17.8. The second kappa shape index (κ2) is 6.44.